The minimum Gasteiger partial charge on any atom is -0.472 e. The molecule has 0 atom stereocenters. The highest BCUT2D eigenvalue weighted by atomic mass is 16.3. The number of hydrogen-bond acceptors (Lipinski definition) is 3. The van der Waals surface area contributed by atoms with Gasteiger partial charge in [-0.2, -0.15) is 0 Å². The number of benzene rings is 1. The Bertz CT molecular complexity index is 633. The van der Waals surface area contributed by atoms with Crippen LogP contribution in [0.4, 0.5) is 5.69 Å². The van der Waals surface area contributed by atoms with Crippen molar-refractivity contribution in [3.05, 3.63) is 53.5 Å². The van der Waals surface area contributed by atoms with Gasteiger partial charge in [-0.25, -0.2) is 0 Å². The molecule has 0 saturated heterocycles. The Labute approximate surface area is 123 Å². The molecule has 0 unspecified atom stereocenters. The molecule has 0 radical (unpaired) electrons. The number of carbonyl (C=O) groups excluding carboxylic acids is 2. The molecule has 0 aliphatic heterocycles. The number of rotatable bonds is 5. The number of amides is 2. The Kier molecular flexibility index (Phi) is 4.77. The number of nitrogens with one attached hydrogen (secondary N) is 2. The summed E-state index contributed by atoms with van der Waals surface area (Å²) >= 11 is 0. The second kappa shape index (κ2) is 6.74. The van der Waals surface area contributed by atoms with Gasteiger partial charge in [0.1, 0.15) is 6.26 Å². The topological polar surface area (TPSA) is 71.3 Å². The summed E-state index contributed by atoms with van der Waals surface area (Å²) in [5.74, 6) is -0.375. The first-order chi connectivity index (χ1) is 10.1. The van der Waals surface area contributed by atoms with E-state index in [1.54, 1.807) is 6.07 Å². The van der Waals surface area contributed by atoms with Crippen molar-refractivity contribution in [2.75, 3.05) is 11.9 Å². The fraction of sp³-hybridized carbons (Fsp3) is 0.250. The molecular weight excluding hydrogens is 268 g/mol. The molecule has 5 nitrogen and oxygen atoms in total. The molecule has 1 aromatic heterocycles. The summed E-state index contributed by atoms with van der Waals surface area (Å²) in [4.78, 5) is 23.5. The summed E-state index contributed by atoms with van der Waals surface area (Å²) in [6, 6.07) is 7.46. The highest BCUT2D eigenvalue weighted by molar-refractivity contribution is 5.95. The molecule has 2 amide bonds. The summed E-state index contributed by atoms with van der Waals surface area (Å²) in [7, 11) is 0. The Hall–Kier alpha value is -2.56. The van der Waals surface area contributed by atoms with Gasteiger partial charge in [-0.05, 0) is 37.1 Å². The van der Waals surface area contributed by atoms with Gasteiger partial charge in [0, 0.05) is 18.7 Å². The molecule has 0 bridgehead atoms. The van der Waals surface area contributed by atoms with E-state index in [0.717, 1.165) is 16.8 Å². The maximum atomic E-state index is 11.9. The predicted molar refractivity (Wildman–Crippen MR) is 80.2 cm³/mol. The van der Waals surface area contributed by atoms with Crippen LogP contribution in [0.1, 0.15) is 27.9 Å². The van der Waals surface area contributed by atoms with E-state index in [1.807, 2.05) is 32.0 Å². The highest BCUT2D eigenvalue weighted by Gasteiger charge is 2.08. The zero-order valence-corrected chi connectivity index (χ0v) is 12.1. The average molecular weight is 286 g/mol. The van der Waals surface area contributed by atoms with Gasteiger partial charge in [0.25, 0.3) is 5.91 Å². The first kappa shape index (κ1) is 14.8. The zero-order valence-electron chi connectivity index (χ0n) is 12.1. The van der Waals surface area contributed by atoms with Gasteiger partial charge in [0.15, 0.2) is 0 Å². The Balaban J connectivity index is 1.80. The lowest BCUT2D eigenvalue weighted by Gasteiger charge is -2.09. The molecule has 110 valence electrons. The van der Waals surface area contributed by atoms with Crippen LogP contribution in [-0.2, 0) is 4.79 Å². The Morgan fingerprint density at radius 1 is 1.19 bits per heavy atom. The van der Waals surface area contributed by atoms with Crippen LogP contribution in [-0.4, -0.2) is 18.4 Å². The van der Waals surface area contributed by atoms with Crippen LogP contribution in [0.2, 0.25) is 0 Å². The Morgan fingerprint density at radius 2 is 2.00 bits per heavy atom. The van der Waals surface area contributed by atoms with E-state index in [9.17, 15) is 9.59 Å². The molecule has 2 rings (SSSR count). The lowest BCUT2D eigenvalue weighted by molar-refractivity contribution is -0.116. The molecule has 1 aromatic carbocycles. The third-order valence-electron chi connectivity index (χ3n) is 3.09. The van der Waals surface area contributed by atoms with Crippen LogP contribution in [0.25, 0.3) is 0 Å². The quantitative estimate of drug-likeness (QED) is 0.887. The Morgan fingerprint density at radius 3 is 2.71 bits per heavy atom. The smallest absolute Gasteiger partial charge is 0.254 e. The van der Waals surface area contributed by atoms with Crippen molar-refractivity contribution in [2.24, 2.45) is 0 Å². The molecule has 2 aromatic rings. The van der Waals surface area contributed by atoms with Crippen molar-refractivity contribution >= 4 is 17.5 Å². The summed E-state index contributed by atoms with van der Waals surface area (Å²) < 4.78 is 4.83. The van der Waals surface area contributed by atoms with E-state index in [0.29, 0.717) is 5.56 Å². The molecule has 5 heteroatoms. The van der Waals surface area contributed by atoms with E-state index in [2.05, 4.69) is 10.6 Å². The number of carbonyl (C=O) groups is 2. The number of hydrogen-bond donors (Lipinski definition) is 2. The maximum Gasteiger partial charge on any atom is 0.254 e. The molecule has 0 spiro atoms. The SMILES string of the molecule is Cc1ccc(C)c(NC(=O)CCNC(=O)c2ccoc2)c1. The lowest BCUT2D eigenvalue weighted by Crippen LogP contribution is -2.27. The molecule has 2 N–H and O–H groups in total. The molecule has 0 fully saturated rings. The van der Waals surface area contributed by atoms with Crippen LogP contribution in [0.15, 0.2) is 41.2 Å². The summed E-state index contributed by atoms with van der Waals surface area (Å²) in [6.07, 6.45) is 3.02. The summed E-state index contributed by atoms with van der Waals surface area (Å²) in [5.41, 5.74) is 3.35. The van der Waals surface area contributed by atoms with Gasteiger partial charge < -0.3 is 15.1 Å². The third-order valence-corrected chi connectivity index (χ3v) is 3.09. The standard InChI is InChI=1S/C16H18N2O3/c1-11-3-4-12(2)14(9-11)18-15(19)5-7-17-16(20)13-6-8-21-10-13/h3-4,6,8-10H,5,7H2,1-2H3,(H,17,20)(H,18,19). The van der Waals surface area contributed by atoms with E-state index >= 15 is 0 Å². The van der Waals surface area contributed by atoms with Gasteiger partial charge in [-0.3, -0.25) is 9.59 Å². The largest absolute Gasteiger partial charge is 0.472 e. The van der Waals surface area contributed by atoms with Crippen LogP contribution in [0.5, 0.6) is 0 Å². The van der Waals surface area contributed by atoms with Gasteiger partial charge in [-0.15, -0.1) is 0 Å². The van der Waals surface area contributed by atoms with Gasteiger partial charge in [0.2, 0.25) is 5.91 Å². The number of furan rings is 1. The summed E-state index contributed by atoms with van der Waals surface area (Å²) in [6.45, 7) is 4.19. The third kappa shape index (κ3) is 4.21. The van der Waals surface area contributed by atoms with E-state index in [-0.39, 0.29) is 24.8 Å². The van der Waals surface area contributed by atoms with E-state index < -0.39 is 0 Å². The lowest BCUT2D eigenvalue weighted by atomic mass is 10.1. The van der Waals surface area contributed by atoms with Crippen molar-refractivity contribution in [3.63, 3.8) is 0 Å². The van der Waals surface area contributed by atoms with Crippen molar-refractivity contribution in [2.45, 2.75) is 20.3 Å². The minimum atomic E-state index is -0.247. The molecule has 0 aliphatic carbocycles. The molecule has 1 heterocycles. The molecule has 21 heavy (non-hydrogen) atoms. The second-order valence-corrected chi connectivity index (χ2v) is 4.88. The minimum absolute atomic E-state index is 0.129. The predicted octanol–water partition coefficient (Wildman–Crippen LogP) is 2.66. The first-order valence-corrected chi connectivity index (χ1v) is 6.74. The monoisotopic (exact) mass is 286 g/mol. The second-order valence-electron chi connectivity index (χ2n) is 4.88. The average Bonchev–Trinajstić information content (AvgIpc) is 2.97. The van der Waals surface area contributed by atoms with Crippen LogP contribution in [0, 0.1) is 13.8 Å². The summed E-state index contributed by atoms with van der Waals surface area (Å²) in [5, 5.41) is 5.52. The van der Waals surface area contributed by atoms with Gasteiger partial charge in [0.05, 0.1) is 11.8 Å². The maximum absolute atomic E-state index is 11.9. The van der Waals surface area contributed by atoms with Crippen LogP contribution < -0.4 is 10.6 Å². The van der Waals surface area contributed by atoms with E-state index in [1.165, 1.54) is 12.5 Å². The van der Waals surface area contributed by atoms with Crippen molar-refractivity contribution < 1.29 is 14.0 Å². The van der Waals surface area contributed by atoms with E-state index in [4.69, 9.17) is 4.42 Å². The van der Waals surface area contributed by atoms with Gasteiger partial charge in [-0.1, -0.05) is 12.1 Å². The van der Waals surface area contributed by atoms with Crippen LogP contribution >= 0.6 is 0 Å². The molecule has 0 saturated carbocycles. The van der Waals surface area contributed by atoms with Crippen LogP contribution in [0.3, 0.4) is 0 Å². The molecular formula is C16H18N2O3. The molecule has 0 aliphatic rings. The fourth-order valence-electron chi connectivity index (χ4n) is 1.87. The zero-order chi connectivity index (χ0) is 15.2. The normalized spacial score (nSPS) is 10.2. The van der Waals surface area contributed by atoms with Crippen molar-refractivity contribution in [1.82, 2.24) is 5.32 Å². The fourth-order valence-corrected chi connectivity index (χ4v) is 1.87. The van der Waals surface area contributed by atoms with Crippen molar-refractivity contribution in [3.8, 4) is 0 Å². The van der Waals surface area contributed by atoms with Crippen molar-refractivity contribution in [1.29, 1.82) is 0 Å². The number of aryl methyl sites for hydroxylation is 2. The highest BCUT2D eigenvalue weighted by Crippen LogP contribution is 2.16. The number of anilines is 1. The van der Waals surface area contributed by atoms with Gasteiger partial charge >= 0.3 is 0 Å². The first-order valence-electron chi connectivity index (χ1n) is 6.74.